The molecular weight excluding hydrogens is 354 g/mol. The first-order valence-corrected chi connectivity index (χ1v) is 9.38. The second-order valence-corrected chi connectivity index (χ2v) is 7.30. The summed E-state index contributed by atoms with van der Waals surface area (Å²) in [5.74, 6) is -0.406. The predicted molar refractivity (Wildman–Crippen MR) is 105 cm³/mol. The van der Waals surface area contributed by atoms with E-state index < -0.39 is 5.92 Å². The van der Waals surface area contributed by atoms with E-state index in [-0.39, 0.29) is 17.6 Å². The minimum absolute atomic E-state index is 0.147. The lowest BCUT2D eigenvalue weighted by molar-refractivity contribution is -0.122. The summed E-state index contributed by atoms with van der Waals surface area (Å²) in [5.41, 5.74) is 3.91. The first kappa shape index (κ1) is 18.2. The van der Waals surface area contributed by atoms with Crippen molar-refractivity contribution >= 4 is 17.5 Å². The normalized spacial score (nSPS) is 21.7. The van der Waals surface area contributed by atoms with Crippen LogP contribution in [0.15, 0.2) is 53.6 Å². The number of fused-ring (bicyclic) bond motifs is 1. The Bertz CT molecular complexity index is 1000. The van der Waals surface area contributed by atoms with Gasteiger partial charge in [0.25, 0.3) is 5.91 Å². The average Bonchev–Trinajstić information content (AvgIpc) is 2.99. The fraction of sp³-hybridized carbons (Fsp3) is 0.333. The summed E-state index contributed by atoms with van der Waals surface area (Å²) in [7, 11) is 1.85. The number of carbonyl (C=O) groups is 2. The Morgan fingerprint density at radius 3 is 2.79 bits per heavy atom. The molecular formula is C21H23N5O2. The van der Waals surface area contributed by atoms with Gasteiger partial charge in [0.2, 0.25) is 0 Å². The molecule has 28 heavy (non-hydrogen) atoms. The molecule has 2 atom stereocenters. The van der Waals surface area contributed by atoms with Crippen LogP contribution in [-0.4, -0.2) is 26.5 Å². The zero-order valence-electron chi connectivity index (χ0n) is 16.2. The molecule has 2 aliphatic rings. The second kappa shape index (κ2) is 7.07. The number of anilines is 1. The summed E-state index contributed by atoms with van der Waals surface area (Å²) in [6.45, 7) is 3.79. The van der Waals surface area contributed by atoms with Crippen LogP contribution < -0.4 is 10.6 Å². The van der Waals surface area contributed by atoms with Crippen LogP contribution in [0.2, 0.25) is 0 Å². The second-order valence-electron chi connectivity index (χ2n) is 7.30. The smallest absolute Gasteiger partial charge is 0.255 e. The van der Waals surface area contributed by atoms with E-state index in [9.17, 15) is 9.59 Å². The van der Waals surface area contributed by atoms with Crippen LogP contribution in [-0.2, 0) is 16.6 Å². The molecule has 2 N–H and O–H groups in total. The molecule has 0 saturated carbocycles. The van der Waals surface area contributed by atoms with Gasteiger partial charge >= 0.3 is 0 Å². The predicted octanol–water partition coefficient (Wildman–Crippen LogP) is 2.59. The molecule has 2 unspecified atom stereocenters. The molecule has 0 aromatic carbocycles. The van der Waals surface area contributed by atoms with Crippen molar-refractivity contribution in [2.24, 2.45) is 13.0 Å². The van der Waals surface area contributed by atoms with E-state index in [1.165, 1.54) is 0 Å². The number of Topliss-reactive ketones (excluding diaryl/α,β-unsaturated/α-hetero) is 1. The third kappa shape index (κ3) is 3.13. The minimum atomic E-state index is -0.398. The summed E-state index contributed by atoms with van der Waals surface area (Å²) in [6, 6.07) is 5.35. The van der Waals surface area contributed by atoms with Crippen molar-refractivity contribution < 1.29 is 9.59 Å². The fourth-order valence-electron chi connectivity index (χ4n) is 4.19. The Labute approximate surface area is 163 Å². The summed E-state index contributed by atoms with van der Waals surface area (Å²) < 4.78 is 1.73. The SMILES string of the molecule is CC1=C(C(=O)Nc2ccccn2)C(c2cn(C)nc2C)C2C(=O)CCC=C2N1. The van der Waals surface area contributed by atoms with Gasteiger partial charge in [-0.2, -0.15) is 5.10 Å². The number of allylic oxidation sites excluding steroid dienone is 3. The van der Waals surface area contributed by atoms with Gasteiger partial charge in [-0.1, -0.05) is 12.1 Å². The van der Waals surface area contributed by atoms with Gasteiger partial charge in [-0.15, -0.1) is 0 Å². The molecule has 3 heterocycles. The van der Waals surface area contributed by atoms with Crippen LogP contribution in [0.25, 0.3) is 0 Å². The van der Waals surface area contributed by atoms with Crippen LogP contribution in [0.3, 0.4) is 0 Å². The molecule has 0 fully saturated rings. The lowest BCUT2D eigenvalue weighted by Gasteiger charge is -2.38. The molecule has 1 amide bonds. The van der Waals surface area contributed by atoms with Gasteiger partial charge in [0.1, 0.15) is 11.6 Å². The number of hydrogen-bond acceptors (Lipinski definition) is 5. The summed E-state index contributed by atoms with van der Waals surface area (Å²) in [6.07, 6.45) is 6.82. The van der Waals surface area contributed by atoms with Crippen molar-refractivity contribution in [3.8, 4) is 0 Å². The van der Waals surface area contributed by atoms with Crippen molar-refractivity contribution in [3.63, 3.8) is 0 Å². The van der Waals surface area contributed by atoms with Crippen LogP contribution in [0.4, 0.5) is 5.82 Å². The Morgan fingerprint density at radius 2 is 2.11 bits per heavy atom. The first-order valence-electron chi connectivity index (χ1n) is 9.38. The van der Waals surface area contributed by atoms with Crippen molar-refractivity contribution in [3.05, 3.63) is 64.9 Å². The maximum atomic E-state index is 13.3. The largest absolute Gasteiger partial charge is 0.362 e. The van der Waals surface area contributed by atoms with Crippen LogP contribution in [0.5, 0.6) is 0 Å². The average molecular weight is 377 g/mol. The molecule has 0 saturated heterocycles. The van der Waals surface area contributed by atoms with E-state index in [2.05, 4.69) is 26.8 Å². The highest BCUT2D eigenvalue weighted by Crippen LogP contribution is 2.44. The number of rotatable bonds is 3. The highest BCUT2D eigenvalue weighted by molar-refractivity contribution is 6.06. The van der Waals surface area contributed by atoms with Gasteiger partial charge in [-0.25, -0.2) is 4.98 Å². The number of amides is 1. The zero-order chi connectivity index (χ0) is 19.8. The third-order valence-electron chi connectivity index (χ3n) is 5.35. The van der Waals surface area contributed by atoms with Gasteiger partial charge in [-0.05, 0) is 32.4 Å². The number of pyridine rings is 1. The summed E-state index contributed by atoms with van der Waals surface area (Å²) in [5, 5.41) is 10.6. The molecule has 144 valence electrons. The molecule has 0 bridgehead atoms. The van der Waals surface area contributed by atoms with Crippen molar-refractivity contribution in [2.45, 2.75) is 32.6 Å². The molecule has 4 rings (SSSR count). The molecule has 7 heteroatoms. The molecule has 7 nitrogen and oxygen atoms in total. The van der Waals surface area contributed by atoms with E-state index in [0.717, 1.165) is 29.1 Å². The fourth-order valence-corrected chi connectivity index (χ4v) is 4.19. The lowest BCUT2D eigenvalue weighted by atomic mass is 9.71. The summed E-state index contributed by atoms with van der Waals surface area (Å²) >= 11 is 0. The maximum Gasteiger partial charge on any atom is 0.255 e. The quantitative estimate of drug-likeness (QED) is 0.858. The number of aryl methyl sites for hydroxylation is 2. The van der Waals surface area contributed by atoms with Gasteiger partial charge < -0.3 is 10.6 Å². The Kier molecular flexibility index (Phi) is 4.58. The van der Waals surface area contributed by atoms with Crippen LogP contribution >= 0.6 is 0 Å². The van der Waals surface area contributed by atoms with E-state index >= 15 is 0 Å². The number of nitrogens with zero attached hydrogens (tertiary/aromatic N) is 3. The van der Waals surface area contributed by atoms with Crippen LogP contribution in [0, 0.1) is 12.8 Å². The molecule has 1 aliphatic carbocycles. The van der Waals surface area contributed by atoms with Gasteiger partial charge in [0, 0.05) is 54.3 Å². The standard InChI is InChI=1S/C21H23N5O2/c1-12-14(11-26(3)25-12)19-18(21(28)24-17-9-4-5-10-22-17)13(2)23-15-7-6-8-16(27)20(15)19/h4-5,7,9-11,19-20,23H,6,8H2,1-3H3,(H,22,24,28). The maximum absolute atomic E-state index is 13.3. The van der Waals surface area contributed by atoms with Crippen molar-refractivity contribution in [1.29, 1.82) is 0 Å². The number of aromatic nitrogens is 3. The van der Waals surface area contributed by atoms with Crippen molar-refractivity contribution in [2.75, 3.05) is 5.32 Å². The van der Waals surface area contributed by atoms with E-state index in [0.29, 0.717) is 17.8 Å². The van der Waals surface area contributed by atoms with Crippen LogP contribution in [0.1, 0.15) is 36.9 Å². The van der Waals surface area contributed by atoms with Gasteiger partial charge in [0.05, 0.1) is 11.6 Å². The first-order chi connectivity index (χ1) is 13.5. The highest BCUT2D eigenvalue weighted by atomic mass is 16.2. The Hall–Kier alpha value is -3.22. The molecule has 0 spiro atoms. The Morgan fingerprint density at radius 1 is 1.29 bits per heavy atom. The molecule has 2 aromatic heterocycles. The highest BCUT2D eigenvalue weighted by Gasteiger charge is 2.43. The number of ketones is 1. The van der Waals surface area contributed by atoms with Gasteiger partial charge in [0.15, 0.2) is 0 Å². The molecule has 1 aliphatic heterocycles. The third-order valence-corrected chi connectivity index (χ3v) is 5.35. The number of nitrogens with one attached hydrogen (secondary N) is 2. The number of carbonyl (C=O) groups excluding carboxylic acids is 2. The topological polar surface area (TPSA) is 88.9 Å². The Balaban J connectivity index is 1.82. The molecule has 2 aromatic rings. The number of hydrogen-bond donors (Lipinski definition) is 2. The minimum Gasteiger partial charge on any atom is -0.362 e. The zero-order valence-corrected chi connectivity index (χ0v) is 16.2. The van der Waals surface area contributed by atoms with Crippen molar-refractivity contribution in [1.82, 2.24) is 20.1 Å². The molecule has 0 radical (unpaired) electrons. The lowest BCUT2D eigenvalue weighted by Crippen LogP contribution is -2.41. The summed E-state index contributed by atoms with van der Waals surface area (Å²) in [4.78, 5) is 30.3. The monoisotopic (exact) mass is 377 g/mol. The van der Waals surface area contributed by atoms with Gasteiger partial charge in [-0.3, -0.25) is 14.3 Å². The van der Waals surface area contributed by atoms with E-state index in [1.54, 1.807) is 23.0 Å². The van der Waals surface area contributed by atoms with E-state index in [1.807, 2.05) is 33.2 Å². The van der Waals surface area contributed by atoms with E-state index in [4.69, 9.17) is 0 Å².